The summed E-state index contributed by atoms with van der Waals surface area (Å²) in [7, 11) is 1.00. The van der Waals surface area contributed by atoms with Gasteiger partial charge in [0.2, 0.25) is 0 Å². The second-order valence-electron chi connectivity index (χ2n) is 1.91. The molecule has 2 nitrogen and oxygen atoms in total. The van der Waals surface area contributed by atoms with E-state index in [1.54, 1.807) is 6.08 Å². The molecule has 0 amide bonds. The predicted octanol–water partition coefficient (Wildman–Crippen LogP) is 1.51. The summed E-state index contributed by atoms with van der Waals surface area (Å²) in [6.45, 7) is 0. The quantitative estimate of drug-likeness (QED) is 0.531. The summed E-state index contributed by atoms with van der Waals surface area (Å²) < 4.78 is 0. The minimum absolute atomic E-state index is 0.771. The van der Waals surface area contributed by atoms with E-state index in [0.29, 0.717) is 0 Å². The molecule has 64 valence electrons. The van der Waals surface area contributed by atoms with Gasteiger partial charge in [0.15, 0.2) is 0 Å². The zero-order valence-corrected chi connectivity index (χ0v) is 6.97. The van der Waals surface area contributed by atoms with Gasteiger partial charge in [-0.15, -0.1) is 0 Å². The Bertz CT molecular complexity index is 227. The maximum atomic E-state index is 9.89. The fourth-order valence-corrected chi connectivity index (χ4v) is 0.715. The number of carbonyl (C=O) groups excluding carboxylic acids is 1. The lowest BCUT2D eigenvalue weighted by molar-refractivity contribution is -0.104. The molecule has 12 heavy (non-hydrogen) atoms. The van der Waals surface area contributed by atoms with Crippen molar-refractivity contribution in [1.82, 2.24) is 0 Å². The maximum absolute atomic E-state index is 9.89. The van der Waals surface area contributed by atoms with Crippen molar-refractivity contribution in [2.24, 2.45) is 0 Å². The number of aldehydes is 1. The van der Waals surface area contributed by atoms with E-state index in [0.717, 1.165) is 19.0 Å². The molecule has 0 aliphatic rings. The highest BCUT2D eigenvalue weighted by molar-refractivity contribution is 5.73. The topological polar surface area (TPSA) is 37.3 Å². The molecule has 0 bridgehead atoms. The second kappa shape index (κ2) is 7.69. The summed E-state index contributed by atoms with van der Waals surface area (Å²) in [5, 5.41) is 7.00. The van der Waals surface area contributed by atoms with Gasteiger partial charge in [-0.25, -0.2) is 0 Å². The fourth-order valence-electron chi connectivity index (χ4n) is 0.715. The third kappa shape index (κ3) is 4.41. The van der Waals surface area contributed by atoms with Gasteiger partial charge < -0.3 is 5.11 Å². The van der Waals surface area contributed by atoms with Crippen LogP contribution in [0.2, 0.25) is 0 Å². The van der Waals surface area contributed by atoms with Gasteiger partial charge in [0.1, 0.15) is 6.29 Å². The van der Waals surface area contributed by atoms with Gasteiger partial charge in [0, 0.05) is 7.11 Å². The Hall–Kier alpha value is -1.41. The molecule has 0 aromatic heterocycles. The van der Waals surface area contributed by atoms with Crippen LogP contribution in [0.15, 0.2) is 36.4 Å². The van der Waals surface area contributed by atoms with E-state index in [9.17, 15) is 4.79 Å². The molecule has 0 heterocycles. The Kier molecular flexibility index (Phi) is 6.79. The average Bonchev–Trinajstić information content (AvgIpc) is 2.19. The Morgan fingerprint density at radius 2 is 1.75 bits per heavy atom. The molecule has 0 atom stereocenters. The number of hydrogen-bond donors (Lipinski definition) is 1. The van der Waals surface area contributed by atoms with Crippen LogP contribution < -0.4 is 0 Å². The molecule has 1 N–H and O–H groups in total. The Morgan fingerprint density at radius 3 is 2.25 bits per heavy atom. The van der Waals surface area contributed by atoms with E-state index in [1.807, 2.05) is 30.3 Å². The molecular weight excluding hydrogens is 152 g/mol. The number of hydrogen-bond acceptors (Lipinski definition) is 2. The van der Waals surface area contributed by atoms with E-state index in [-0.39, 0.29) is 0 Å². The van der Waals surface area contributed by atoms with Crippen LogP contribution in [0, 0.1) is 0 Å². The standard InChI is InChI=1S/C9H8O.CH4O/c10-8-4-7-9-5-2-1-3-6-9;1-2/h1-8H;2H,1H3/b7-4+;. The van der Waals surface area contributed by atoms with Gasteiger partial charge >= 0.3 is 0 Å². The van der Waals surface area contributed by atoms with Crippen molar-refractivity contribution in [2.75, 3.05) is 7.11 Å². The largest absolute Gasteiger partial charge is 0.400 e. The van der Waals surface area contributed by atoms with Gasteiger partial charge in [-0.3, -0.25) is 4.79 Å². The lowest BCUT2D eigenvalue weighted by Crippen LogP contribution is -1.67. The van der Waals surface area contributed by atoms with Gasteiger partial charge in [0.25, 0.3) is 0 Å². The number of aliphatic hydroxyl groups is 1. The van der Waals surface area contributed by atoms with Crippen molar-refractivity contribution in [3.05, 3.63) is 42.0 Å². The molecular formula is C10H12O2. The molecule has 0 unspecified atom stereocenters. The first kappa shape index (κ1) is 10.6. The summed E-state index contributed by atoms with van der Waals surface area (Å²) >= 11 is 0. The summed E-state index contributed by atoms with van der Waals surface area (Å²) in [6.07, 6.45) is 4.02. The fraction of sp³-hybridized carbons (Fsp3) is 0.100. The van der Waals surface area contributed by atoms with E-state index in [4.69, 9.17) is 5.11 Å². The number of rotatable bonds is 2. The van der Waals surface area contributed by atoms with Crippen molar-refractivity contribution in [3.8, 4) is 0 Å². The molecule has 0 fully saturated rings. The van der Waals surface area contributed by atoms with Crippen LogP contribution in [0.4, 0.5) is 0 Å². The molecule has 0 aliphatic carbocycles. The van der Waals surface area contributed by atoms with E-state index in [1.165, 1.54) is 6.08 Å². The first-order valence-electron chi connectivity index (χ1n) is 3.55. The minimum Gasteiger partial charge on any atom is -0.400 e. The zero-order valence-electron chi connectivity index (χ0n) is 6.97. The third-order valence-corrected chi connectivity index (χ3v) is 1.17. The van der Waals surface area contributed by atoms with Crippen LogP contribution in [-0.2, 0) is 4.79 Å². The molecule has 0 saturated heterocycles. The lowest BCUT2D eigenvalue weighted by atomic mass is 10.2. The van der Waals surface area contributed by atoms with Crippen molar-refractivity contribution in [3.63, 3.8) is 0 Å². The SMILES string of the molecule is CO.O=C/C=C/c1ccccc1. The van der Waals surface area contributed by atoms with Crippen LogP contribution in [0.3, 0.4) is 0 Å². The maximum Gasteiger partial charge on any atom is 0.142 e. The van der Waals surface area contributed by atoms with Crippen LogP contribution in [-0.4, -0.2) is 18.5 Å². The number of carbonyl (C=O) groups is 1. The predicted molar refractivity (Wildman–Crippen MR) is 49.7 cm³/mol. The van der Waals surface area contributed by atoms with Crippen LogP contribution in [0.25, 0.3) is 6.08 Å². The minimum atomic E-state index is 0.771. The van der Waals surface area contributed by atoms with E-state index >= 15 is 0 Å². The molecule has 0 aliphatic heterocycles. The molecule has 1 aromatic carbocycles. The van der Waals surface area contributed by atoms with E-state index < -0.39 is 0 Å². The highest BCUT2D eigenvalue weighted by Crippen LogP contribution is 1.99. The number of benzene rings is 1. The van der Waals surface area contributed by atoms with Crippen molar-refractivity contribution >= 4 is 12.4 Å². The Balaban J connectivity index is 0.000000561. The molecule has 0 spiro atoms. The first-order chi connectivity index (χ1) is 5.93. The van der Waals surface area contributed by atoms with Gasteiger partial charge in [-0.05, 0) is 11.6 Å². The van der Waals surface area contributed by atoms with Crippen LogP contribution in [0.1, 0.15) is 5.56 Å². The summed E-state index contributed by atoms with van der Waals surface area (Å²) in [5.74, 6) is 0. The third-order valence-electron chi connectivity index (χ3n) is 1.17. The number of allylic oxidation sites excluding steroid dienone is 1. The van der Waals surface area contributed by atoms with Gasteiger partial charge in [-0.1, -0.05) is 36.4 Å². The average molecular weight is 164 g/mol. The monoisotopic (exact) mass is 164 g/mol. The van der Waals surface area contributed by atoms with Crippen LogP contribution >= 0.6 is 0 Å². The lowest BCUT2D eigenvalue weighted by Gasteiger charge is -1.86. The van der Waals surface area contributed by atoms with Crippen molar-refractivity contribution in [2.45, 2.75) is 0 Å². The molecule has 0 radical (unpaired) electrons. The van der Waals surface area contributed by atoms with E-state index in [2.05, 4.69) is 0 Å². The smallest absolute Gasteiger partial charge is 0.142 e. The van der Waals surface area contributed by atoms with Crippen molar-refractivity contribution < 1.29 is 9.90 Å². The van der Waals surface area contributed by atoms with Gasteiger partial charge in [0.05, 0.1) is 0 Å². The highest BCUT2D eigenvalue weighted by Gasteiger charge is 1.79. The second-order valence-corrected chi connectivity index (χ2v) is 1.91. The Morgan fingerprint density at radius 1 is 1.17 bits per heavy atom. The number of aliphatic hydroxyl groups excluding tert-OH is 1. The molecule has 1 rings (SSSR count). The van der Waals surface area contributed by atoms with Crippen LogP contribution in [0.5, 0.6) is 0 Å². The normalized spacial score (nSPS) is 8.83. The first-order valence-corrected chi connectivity index (χ1v) is 3.55. The zero-order chi connectivity index (χ0) is 9.23. The Labute approximate surface area is 72.2 Å². The summed E-state index contributed by atoms with van der Waals surface area (Å²) in [5.41, 5.74) is 1.05. The molecule has 2 heteroatoms. The van der Waals surface area contributed by atoms with Gasteiger partial charge in [-0.2, -0.15) is 0 Å². The van der Waals surface area contributed by atoms with Crippen molar-refractivity contribution in [1.29, 1.82) is 0 Å². The molecule has 1 aromatic rings. The highest BCUT2D eigenvalue weighted by atomic mass is 16.2. The molecule has 0 saturated carbocycles. The summed E-state index contributed by atoms with van der Waals surface area (Å²) in [4.78, 5) is 9.89. The summed E-state index contributed by atoms with van der Waals surface area (Å²) in [6, 6.07) is 9.70.